The molecule has 0 aliphatic carbocycles. The minimum Gasteiger partial charge on any atom is -0.464 e. The van der Waals surface area contributed by atoms with Crippen LogP contribution in [0.3, 0.4) is 0 Å². The summed E-state index contributed by atoms with van der Waals surface area (Å²) in [5, 5.41) is 0. The number of nitrogens with two attached hydrogens (primary N) is 1. The van der Waals surface area contributed by atoms with Crippen molar-refractivity contribution in [1.29, 1.82) is 0 Å². The maximum absolute atomic E-state index is 6.26. The summed E-state index contributed by atoms with van der Waals surface area (Å²) in [5.41, 5.74) is 9.83. The molecule has 0 saturated heterocycles. The van der Waals surface area contributed by atoms with Gasteiger partial charge in [0.1, 0.15) is 11.5 Å². The molecule has 0 fully saturated rings. The van der Waals surface area contributed by atoms with Crippen molar-refractivity contribution in [2.24, 2.45) is 5.73 Å². The van der Waals surface area contributed by atoms with Crippen molar-refractivity contribution < 1.29 is 4.42 Å². The Bertz CT molecular complexity index is 513. The van der Waals surface area contributed by atoms with Crippen LogP contribution in [-0.2, 0) is 6.42 Å². The Labute approximate surface area is 102 Å². The molecule has 2 rings (SSSR count). The Kier molecular flexibility index (Phi) is 3.34. The van der Waals surface area contributed by atoms with Gasteiger partial charge in [-0.25, -0.2) is 0 Å². The molecule has 0 aliphatic rings. The molecule has 2 nitrogen and oxygen atoms in total. The lowest BCUT2D eigenvalue weighted by molar-refractivity contribution is 0.453. The Morgan fingerprint density at radius 1 is 1.18 bits per heavy atom. The number of hydrogen-bond acceptors (Lipinski definition) is 2. The Morgan fingerprint density at radius 2 is 1.94 bits per heavy atom. The van der Waals surface area contributed by atoms with Gasteiger partial charge in [0.25, 0.3) is 0 Å². The lowest BCUT2D eigenvalue weighted by Gasteiger charge is -2.13. The van der Waals surface area contributed by atoms with Crippen LogP contribution >= 0.6 is 0 Å². The number of benzene rings is 1. The van der Waals surface area contributed by atoms with Crippen LogP contribution in [0.25, 0.3) is 0 Å². The van der Waals surface area contributed by atoms with E-state index in [1.54, 1.807) is 0 Å². The fraction of sp³-hybridized carbons (Fsp3) is 0.333. The molecule has 2 N–H and O–H groups in total. The summed E-state index contributed by atoms with van der Waals surface area (Å²) in [6.07, 6.45) is 0.902. The Hall–Kier alpha value is -1.54. The second-order valence-corrected chi connectivity index (χ2v) is 4.50. The maximum atomic E-state index is 6.26. The van der Waals surface area contributed by atoms with Gasteiger partial charge in [-0.05, 0) is 37.1 Å². The monoisotopic (exact) mass is 229 g/mol. The predicted octanol–water partition coefficient (Wildman–Crippen LogP) is 3.51. The van der Waals surface area contributed by atoms with Crippen LogP contribution in [0.1, 0.15) is 41.2 Å². The van der Waals surface area contributed by atoms with E-state index in [2.05, 4.69) is 39.0 Å². The summed E-state index contributed by atoms with van der Waals surface area (Å²) < 4.78 is 5.72. The highest BCUT2D eigenvalue weighted by Gasteiger charge is 2.15. The first-order valence-corrected chi connectivity index (χ1v) is 6.03. The highest BCUT2D eigenvalue weighted by Crippen LogP contribution is 2.25. The first-order chi connectivity index (χ1) is 8.11. The Morgan fingerprint density at radius 3 is 2.59 bits per heavy atom. The SMILES string of the molecule is CCc1ccc(C(N)c2cc(C)ccc2C)o1. The molecule has 0 radical (unpaired) electrons. The first-order valence-electron chi connectivity index (χ1n) is 6.03. The van der Waals surface area contributed by atoms with Crippen molar-refractivity contribution in [2.75, 3.05) is 0 Å². The van der Waals surface area contributed by atoms with Crippen LogP contribution in [0.2, 0.25) is 0 Å². The van der Waals surface area contributed by atoms with E-state index in [4.69, 9.17) is 10.2 Å². The third kappa shape index (κ3) is 2.42. The number of aryl methyl sites for hydroxylation is 3. The van der Waals surface area contributed by atoms with E-state index >= 15 is 0 Å². The standard InChI is InChI=1S/C15H19NO/c1-4-12-7-8-14(17-12)15(16)13-9-10(2)5-6-11(13)3/h5-9,15H,4,16H2,1-3H3. The molecule has 0 aliphatic heterocycles. The molecule has 0 bridgehead atoms. The highest BCUT2D eigenvalue weighted by molar-refractivity contribution is 5.36. The van der Waals surface area contributed by atoms with Crippen molar-refractivity contribution in [3.8, 4) is 0 Å². The van der Waals surface area contributed by atoms with Crippen molar-refractivity contribution in [3.63, 3.8) is 0 Å². The maximum Gasteiger partial charge on any atom is 0.125 e. The van der Waals surface area contributed by atoms with E-state index in [1.165, 1.54) is 11.1 Å². The lowest BCUT2D eigenvalue weighted by atomic mass is 9.98. The number of furan rings is 1. The van der Waals surface area contributed by atoms with Gasteiger partial charge in [-0.2, -0.15) is 0 Å². The van der Waals surface area contributed by atoms with Gasteiger partial charge in [-0.1, -0.05) is 30.7 Å². The normalized spacial score (nSPS) is 12.7. The topological polar surface area (TPSA) is 39.2 Å². The summed E-state index contributed by atoms with van der Waals surface area (Å²) in [7, 11) is 0. The van der Waals surface area contributed by atoms with Gasteiger partial charge in [-0.3, -0.25) is 0 Å². The van der Waals surface area contributed by atoms with Crippen LogP contribution < -0.4 is 5.73 Å². The van der Waals surface area contributed by atoms with Gasteiger partial charge < -0.3 is 10.2 Å². The van der Waals surface area contributed by atoms with Gasteiger partial charge >= 0.3 is 0 Å². The van der Waals surface area contributed by atoms with E-state index in [0.717, 1.165) is 23.5 Å². The van der Waals surface area contributed by atoms with Gasteiger partial charge in [0.15, 0.2) is 0 Å². The molecule has 90 valence electrons. The van der Waals surface area contributed by atoms with E-state index in [-0.39, 0.29) is 6.04 Å². The average Bonchev–Trinajstić information content (AvgIpc) is 2.80. The predicted molar refractivity (Wildman–Crippen MR) is 70.0 cm³/mol. The third-order valence-corrected chi connectivity index (χ3v) is 3.11. The molecule has 1 aromatic carbocycles. The lowest BCUT2D eigenvalue weighted by Crippen LogP contribution is -2.12. The number of rotatable bonds is 3. The van der Waals surface area contributed by atoms with Crippen molar-refractivity contribution in [1.82, 2.24) is 0 Å². The van der Waals surface area contributed by atoms with E-state index < -0.39 is 0 Å². The first kappa shape index (κ1) is 11.9. The molecule has 1 atom stereocenters. The van der Waals surface area contributed by atoms with E-state index in [9.17, 15) is 0 Å². The summed E-state index contributed by atoms with van der Waals surface area (Å²) in [5.74, 6) is 1.83. The fourth-order valence-corrected chi connectivity index (χ4v) is 2.00. The van der Waals surface area contributed by atoms with Crippen LogP contribution in [0.5, 0.6) is 0 Å². The average molecular weight is 229 g/mol. The molecule has 2 aromatic rings. The summed E-state index contributed by atoms with van der Waals surface area (Å²) in [6.45, 7) is 6.24. The van der Waals surface area contributed by atoms with Gasteiger partial charge in [0.05, 0.1) is 6.04 Å². The van der Waals surface area contributed by atoms with Gasteiger partial charge in [-0.15, -0.1) is 0 Å². The second kappa shape index (κ2) is 4.76. The van der Waals surface area contributed by atoms with Crippen LogP contribution in [0, 0.1) is 13.8 Å². The summed E-state index contributed by atoms with van der Waals surface area (Å²) >= 11 is 0. The van der Waals surface area contributed by atoms with Crippen molar-refractivity contribution in [3.05, 3.63) is 58.5 Å². The summed E-state index contributed by atoms with van der Waals surface area (Å²) in [4.78, 5) is 0. The van der Waals surface area contributed by atoms with Crippen LogP contribution in [0.15, 0.2) is 34.7 Å². The van der Waals surface area contributed by atoms with Crippen LogP contribution in [-0.4, -0.2) is 0 Å². The molecule has 1 unspecified atom stereocenters. The minimum absolute atomic E-state index is 0.171. The van der Waals surface area contributed by atoms with E-state index in [1.807, 2.05) is 12.1 Å². The summed E-state index contributed by atoms with van der Waals surface area (Å²) in [6, 6.07) is 10.1. The molecule has 0 amide bonds. The van der Waals surface area contributed by atoms with Crippen molar-refractivity contribution in [2.45, 2.75) is 33.2 Å². The smallest absolute Gasteiger partial charge is 0.125 e. The van der Waals surface area contributed by atoms with Crippen LogP contribution in [0.4, 0.5) is 0 Å². The van der Waals surface area contributed by atoms with Crippen molar-refractivity contribution >= 4 is 0 Å². The quantitative estimate of drug-likeness (QED) is 0.874. The third-order valence-electron chi connectivity index (χ3n) is 3.11. The molecule has 0 spiro atoms. The molecule has 17 heavy (non-hydrogen) atoms. The molecule has 0 saturated carbocycles. The molecule has 1 aromatic heterocycles. The zero-order valence-electron chi connectivity index (χ0n) is 10.7. The van der Waals surface area contributed by atoms with E-state index in [0.29, 0.717) is 0 Å². The zero-order valence-corrected chi connectivity index (χ0v) is 10.7. The Balaban J connectivity index is 2.35. The largest absolute Gasteiger partial charge is 0.464 e. The molecule has 1 heterocycles. The van der Waals surface area contributed by atoms with Gasteiger partial charge in [0, 0.05) is 6.42 Å². The molecule has 2 heteroatoms. The highest BCUT2D eigenvalue weighted by atomic mass is 16.3. The molecular weight excluding hydrogens is 210 g/mol. The zero-order chi connectivity index (χ0) is 12.4. The van der Waals surface area contributed by atoms with Gasteiger partial charge in [0.2, 0.25) is 0 Å². The number of hydrogen-bond donors (Lipinski definition) is 1. The molecular formula is C15H19NO. The minimum atomic E-state index is -0.171. The fourth-order valence-electron chi connectivity index (χ4n) is 2.00. The second-order valence-electron chi connectivity index (χ2n) is 4.50.